The third kappa shape index (κ3) is 10.3. The first kappa shape index (κ1) is 37.1. The fourth-order valence-electron chi connectivity index (χ4n) is 5.21. The van der Waals surface area contributed by atoms with Gasteiger partial charge in [0.2, 0.25) is 0 Å². The lowest BCUT2D eigenvalue weighted by atomic mass is 10.1. The lowest BCUT2D eigenvalue weighted by molar-refractivity contribution is 0.795. The van der Waals surface area contributed by atoms with Crippen LogP contribution in [0.15, 0.2) is 130 Å². The molecule has 0 aliphatic carbocycles. The van der Waals surface area contributed by atoms with Gasteiger partial charge in [-0.15, -0.1) is 0 Å². The molecule has 0 amide bonds. The molecule has 0 bridgehead atoms. The van der Waals surface area contributed by atoms with Crippen molar-refractivity contribution >= 4 is 66.0 Å². The maximum Gasteiger partial charge on any atom is 0.0463 e. The fraction of sp³-hybridized carbons (Fsp3) is 0.286. The molecule has 0 unspecified atom stereocenters. The molecule has 0 aliphatic rings. The van der Waals surface area contributed by atoms with E-state index >= 15 is 0 Å². The number of aryl methyl sites for hydroxylation is 2. The Morgan fingerprint density at radius 1 is 0.370 bits per heavy atom. The standard InChI is InChI=1S/C38H38Br2N2.2C2H6/c1-3-5-7-29-9-17-33(18-10-29)41(35-21-13-31(39)14-22-35)37-25-27-38(28-26-37)42(36-23-15-32(40)16-24-36)34-19-11-30(12-20-34)8-6-4-2;2*1-2/h9-28H,3-8H2,1-2H3;2*1-2H3. The van der Waals surface area contributed by atoms with E-state index in [1.807, 2.05) is 27.7 Å². The van der Waals surface area contributed by atoms with E-state index in [0.29, 0.717) is 0 Å². The highest BCUT2D eigenvalue weighted by Gasteiger charge is 2.16. The average Bonchev–Trinajstić information content (AvgIpc) is 3.12. The molecule has 5 aromatic rings. The second-order valence-electron chi connectivity index (χ2n) is 10.7. The van der Waals surface area contributed by atoms with E-state index in [0.717, 1.165) is 55.9 Å². The van der Waals surface area contributed by atoms with E-state index in [1.54, 1.807) is 0 Å². The molecule has 0 aliphatic heterocycles. The summed E-state index contributed by atoms with van der Waals surface area (Å²) in [5.41, 5.74) is 9.56. The molecule has 46 heavy (non-hydrogen) atoms. The van der Waals surface area contributed by atoms with Crippen molar-refractivity contribution in [2.75, 3.05) is 9.80 Å². The van der Waals surface area contributed by atoms with Gasteiger partial charge < -0.3 is 9.80 Å². The molecule has 5 aromatic carbocycles. The maximum atomic E-state index is 3.60. The van der Waals surface area contributed by atoms with E-state index in [1.165, 1.54) is 36.8 Å². The minimum atomic E-state index is 1.07. The van der Waals surface area contributed by atoms with Gasteiger partial charge in [-0.2, -0.15) is 0 Å². The summed E-state index contributed by atoms with van der Waals surface area (Å²) in [5.74, 6) is 0. The third-order valence-electron chi connectivity index (χ3n) is 7.56. The first-order chi connectivity index (χ1) is 22.6. The van der Waals surface area contributed by atoms with Crippen molar-refractivity contribution in [3.8, 4) is 0 Å². The number of rotatable bonds is 12. The zero-order valence-electron chi connectivity index (χ0n) is 28.4. The summed E-state index contributed by atoms with van der Waals surface area (Å²) in [6, 6.07) is 44.0. The summed E-state index contributed by atoms with van der Waals surface area (Å²) in [6.07, 6.45) is 7.09. The zero-order chi connectivity index (χ0) is 33.3. The summed E-state index contributed by atoms with van der Waals surface area (Å²) in [4.78, 5) is 4.65. The van der Waals surface area contributed by atoms with E-state index < -0.39 is 0 Å². The van der Waals surface area contributed by atoms with Crippen LogP contribution in [-0.2, 0) is 12.8 Å². The van der Waals surface area contributed by atoms with Crippen LogP contribution < -0.4 is 9.80 Å². The molecule has 0 saturated carbocycles. The van der Waals surface area contributed by atoms with Crippen LogP contribution in [0.25, 0.3) is 0 Å². The molecule has 2 nitrogen and oxygen atoms in total. The van der Waals surface area contributed by atoms with Crippen molar-refractivity contribution in [3.63, 3.8) is 0 Å². The zero-order valence-corrected chi connectivity index (χ0v) is 31.6. The number of unbranched alkanes of at least 4 members (excludes halogenated alkanes) is 2. The second-order valence-corrected chi connectivity index (χ2v) is 12.5. The van der Waals surface area contributed by atoms with Gasteiger partial charge in [-0.3, -0.25) is 0 Å². The smallest absolute Gasteiger partial charge is 0.0463 e. The SMILES string of the molecule is CC.CC.CCCCc1ccc(N(c2ccc(Br)cc2)c2ccc(N(c3ccc(Br)cc3)c3ccc(CCCC)cc3)cc2)cc1. The van der Waals surface area contributed by atoms with E-state index in [9.17, 15) is 0 Å². The van der Waals surface area contributed by atoms with Gasteiger partial charge in [0, 0.05) is 43.1 Å². The minimum absolute atomic E-state index is 1.07. The van der Waals surface area contributed by atoms with Crippen LogP contribution in [0.1, 0.15) is 78.4 Å². The molecular weight excluding hydrogens is 692 g/mol. The Kier molecular flexibility index (Phi) is 16.2. The second kappa shape index (κ2) is 20.0. The fourth-order valence-corrected chi connectivity index (χ4v) is 5.74. The lowest BCUT2D eigenvalue weighted by Crippen LogP contribution is -2.12. The Morgan fingerprint density at radius 3 is 0.826 bits per heavy atom. The predicted octanol–water partition coefficient (Wildman–Crippen LogP) is 14.9. The quantitative estimate of drug-likeness (QED) is 0.126. The summed E-state index contributed by atoms with van der Waals surface area (Å²) in [5, 5.41) is 0. The van der Waals surface area contributed by atoms with E-state index in [2.05, 4.69) is 177 Å². The largest absolute Gasteiger partial charge is 0.311 e. The summed E-state index contributed by atoms with van der Waals surface area (Å²) in [7, 11) is 0. The lowest BCUT2D eigenvalue weighted by Gasteiger charge is -2.28. The van der Waals surface area contributed by atoms with Crippen LogP contribution >= 0.6 is 31.9 Å². The third-order valence-corrected chi connectivity index (χ3v) is 8.62. The topological polar surface area (TPSA) is 6.48 Å². The van der Waals surface area contributed by atoms with Gasteiger partial charge in [-0.25, -0.2) is 0 Å². The summed E-state index contributed by atoms with van der Waals surface area (Å²) >= 11 is 7.21. The van der Waals surface area contributed by atoms with Crippen LogP contribution in [-0.4, -0.2) is 0 Å². The van der Waals surface area contributed by atoms with Gasteiger partial charge in [-0.05, 0) is 134 Å². The van der Waals surface area contributed by atoms with Crippen LogP contribution in [0, 0.1) is 0 Å². The van der Waals surface area contributed by atoms with Crippen molar-refractivity contribution in [1.82, 2.24) is 0 Å². The normalized spacial score (nSPS) is 10.3. The van der Waals surface area contributed by atoms with E-state index in [-0.39, 0.29) is 0 Å². The molecule has 0 aromatic heterocycles. The van der Waals surface area contributed by atoms with Gasteiger partial charge in [0.1, 0.15) is 0 Å². The monoisotopic (exact) mass is 740 g/mol. The van der Waals surface area contributed by atoms with Crippen molar-refractivity contribution in [2.24, 2.45) is 0 Å². The predicted molar refractivity (Wildman–Crippen MR) is 211 cm³/mol. The highest BCUT2D eigenvalue weighted by atomic mass is 79.9. The molecule has 5 rings (SSSR count). The number of nitrogens with zero attached hydrogens (tertiary/aromatic N) is 2. The number of benzene rings is 5. The molecule has 0 N–H and O–H groups in total. The Labute approximate surface area is 295 Å². The van der Waals surface area contributed by atoms with Gasteiger partial charge in [0.15, 0.2) is 0 Å². The van der Waals surface area contributed by atoms with Crippen molar-refractivity contribution in [3.05, 3.63) is 141 Å². The van der Waals surface area contributed by atoms with Crippen LogP contribution in [0.3, 0.4) is 0 Å². The molecule has 0 saturated heterocycles. The number of hydrogen-bond donors (Lipinski definition) is 0. The first-order valence-corrected chi connectivity index (χ1v) is 18.5. The first-order valence-electron chi connectivity index (χ1n) is 16.9. The van der Waals surface area contributed by atoms with Crippen LogP contribution in [0.2, 0.25) is 0 Å². The average molecular weight is 743 g/mol. The van der Waals surface area contributed by atoms with Gasteiger partial charge >= 0.3 is 0 Å². The molecule has 242 valence electrons. The summed E-state index contributed by atoms with van der Waals surface area (Å²) < 4.78 is 2.14. The van der Waals surface area contributed by atoms with Crippen LogP contribution in [0.4, 0.5) is 34.1 Å². The highest BCUT2D eigenvalue weighted by Crippen LogP contribution is 2.39. The van der Waals surface area contributed by atoms with Gasteiger partial charge in [0.25, 0.3) is 0 Å². The highest BCUT2D eigenvalue weighted by molar-refractivity contribution is 9.10. The number of hydrogen-bond acceptors (Lipinski definition) is 2. The number of anilines is 6. The van der Waals surface area contributed by atoms with Crippen molar-refractivity contribution < 1.29 is 0 Å². The molecule has 0 fully saturated rings. The van der Waals surface area contributed by atoms with Crippen molar-refractivity contribution in [1.29, 1.82) is 0 Å². The molecule has 4 heteroatoms. The Hall–Kier alpha value is -3.34. The molecule has 0 atom stereocenters. The summed E-state index contributed by atoms with van der Waals surface area (Å²) in [6.45, 7) is 12.5. The molecule has 0 radical (unpaired) electrons. The Morgan fingerprint density at radius 2 is 0.587 bits per heavy atom. The maximum absolute atomic E-state index is 3.60. The minimum Gasteiger partial charge on any atom is -0.311 e. The van der Waals surface area contributed by atoms with Crippen LogP contribution in [0.5, 0.6) is 0 Å². The number of halogens is 2. The van der Waals surface area contributed by atoms with Gasteiger partial charge in [0.05, 0.1) is 0 Å². The van der Waals surface area contributed by atoms with Gasteiger partial charge in [-0.1, -0.05) is 111 Å². The molecule has 0 heterocycles. The molecular formula is C42H50Br2N2. The Bertz CT molecular complexity index is 1410. The van der Waals surface area contributed by atoms with E-state index in [4.69, 9.17) is 0 Å². The molecule has 0 spiro atoms. The van der Waals surface area contributed by atoms with Crippen molar-refractivity contribution in [2.45, 2.75) is 80.1 Å². The Balaban J connectivity index is 0.00000139.